The van der Waals surface area contributed by atoms with Crippen LogP contribution in [0.15, 0.2) is 42.5 Å². The summed E-state index contributed by atoms with van der Waals surface area (Å²) < 4.78 is 10.6. The number of rotatable bonds is 4. The third-order valence-electron chi connectivity index (χ3n) is 4.34. The van der Waals surface area contributed by atoms with Gasteiger partial charge in [0.2, 0.25) is 0 Å². The minimum absolute atomic E-state index is 0.0608. The Balaban J connectivity index is 1.64. The molecule has 5 nitrogen and oxygen atoms in total. The van der Waals surface area contributed by atoms with Crippen molar-refractivity contribution in [3.05, 3.63) is 59.2 Å². The van der Waals surface area contributed by atoms with Crippen LogP contribution in [0.1, 0.15) is 16.7 Å². The minimum atomic E-state index is -0.0608. The van der Waals surface area contributed by atoms with E-state index in [9.17, 15) is 4.79 Å². The molecule has 126 valence electrons. The molecular weight excluding hydrogens is 304 g/mol. The van der Waals surface area contributed by atoms with E-state index in [1.165, 1.54) is 11.1 Å². The van der Waals surface area contributed by atoms with Crippen molar-refractivity contribution in [1.29, 1.82) is 0 Å². The van der Waals surface area contributed by atoms with Crippen LogP contribution >= 0.6 is 0 Å². The summed E-state index contributed by atoms with van der Waals surface area (Å²) >= 11 is 0. The smallest absolute Gasteiger partial charge is 0.317 e. The maximum absolute atomic E-state index is 12.5. The highest BCUT2D eigenvalue weighted by atomic mass is 16.5. The summed E-state index contributed by atoms with van der Waals surface area (Å²) in [7, 11) is 3.24. The molecule has 0 bridgehead atoms. The summed E-state index contributed by atoms with van der Waals surface area (Å²) in [4.78, 5) is 14.3. The molecule has 0 saturated carbocycles. The molecule has 3 rings (SSSR count). The summed E-state index contributed by atoms with van der Waals surface area (Å²) in [5, 5.41) is 2.98. The molecule has 0 radical (unpaired) electrons. The van der Waals surface area contributed by atoms with E-state index in [2.05, 4.69) is 17.4 Å². The van der Waals surface area contributed by atoms with Crippen LogP contribution in [-0.2, 0) is 19.5 Å². The van der Waals surface area contributed by atoms with Crippen molar-refractivity contribution in [2.45, 2.75) is 19.5 Å². The standard InChI is InChI=1S/C19H22N2O3/c1-23-17-7-8-18(24-2)16(11-17)12-20-19(22)21-10-9-14-5-3-4-6-15(14)13-21/h3-8,11H,9-10,12-13H2,1-2H3,(H,20,22). The number of ether oxygens (including phenoxy) is 2. The van der Waals surface area contributed by atoms with Crippen LogP contribution in [0.4, 0.5) is 4.79 Å². The number of carbonyl (C=O) groups is 1. The molecular formula is C19H22N2O3. The molecule has 0 saturated heterocycles. The van der Waals surface area contributed by atoms with Gasteiger partial charge in [0.1, 0.15) is 11.5 Å². The highest BCUT2D eigenvalue weighted by molar-refractivity contribution is 5.74. The third kappa shape index (κ3) is 3.45. The van der Waals surface area contributed by atoms with Crippen LogP contribution in [0.3, 0.4) is 0 Å². The Morgan fingerprint density at radius 2 is 1.92 bits per heavy atom. The third-order valence-corrected chi connectivity index (χ3v) is 4.34. The Labute approximate surface area is 142 Å². The zero-order valence-electron chi connectivity index (χ0n) is 14.0. The number of amides is 2. The van der Waals surface area contributed by atoms with E-state index in [0.29, 0.717) is 13.1 Å². The van der Waals surface area contributed by atoms with E-state index in [1.54, 1.807) is 14.2 Å². The molecule has 1 heterocycles. The molecule has 1 aliphatic rings. The van der Waals surface area contributed by atoms with Gasteiger partial charge in [0.05, 0.1) is 14.2 Å². The number of carbonyl (C=O) groups excluding carboxylic acids is 1. The highest BCUT2D eigenvalue weighted by Gasteiger charge is 2.20. The van der Waals surface area contributed by atoms with E-state index < -0.39 is 0 Å². The predicted molar refractivity (Wildman–Crippen MR) is 92.3 cm³/mol. The van der Waals surface area contributed by atoms with Gasteiger partial charge in [-0.1, -0.05) is 24.3 Å². The predicted octanol–water partition coefficient (Wildman–Crippen LogP) is 2.97. The number of nitrogens with zero attached hydrogens (tertiary/aromatic N) is 1. The Morgan fingerprint density at radius 1 is 1.12 bits per heavy atom. The van der Waals surface area contributed by atoms with Gasteiger partial charge >= 0.3 is 6.03 Å². The van der Waals surface area contributed by atoms with Crippen molar-refractivity contribution < 1.29 is 14.3 Å². The van der Waals surface area contributed by atoms with Gasteiger partial charge in [-0.2, -0.15) is 0 Å². The molecule has 0 fully saturated rings. The summed E-state index contributed by atoms with van der Waals surface area (Å²) in [6.07, 6.45) is 0.895. The quantitative estimate of drug-likeness (QED) is 0.940. The molecule has 0 aliphatic carbocycles. The van der Waals surface area contributed by atoms with Crippen LogP contribution in [0, 0.1) is 0 Å². The lowest BCUT2D eigenvalue weighted by Gasteiger charge is -2.29. The monoisotopic (exact) mass is 326 g/mol. The molecule has 1 aliphatic heterocycles. The number of hydrogen-bond donors (Lipinski definition) is 1. The Bertz CT molecular complexity index is 730. The SMILES string of the molecule is COc1ccc(OC)c(CNC(=O)N2CCc3ccccc3C2)c1. The average molecular weight is 326 g/mol. The van der Waals surface area contributed by atoms with E-state index in [-0.39, 0.29) is 6.03 Å². The van der Waals surface area contributed by atoms with Gasteiger partial charge in [-0.3, -0.25) is 0 Å². The second-order valence-corrected chi connectivity index (χ2v) is 5.78. The number of nitrogens with one attached hydrogen (secondary N) is 1. The molecule has 1 N–H and O–H groups in total. The van der Waals surface area contributed by atoms with Crippen molar-refractivity contribution in [1.82, 2.24) is 10.2 Å². The van der Waals surface area contributed by atoms with E-state index in [4.69, 9.17) is 9.47 Å². The van der Waals surface area contributed by atoms with Crippen molar-refractivity contribution in [3.63, 3.8) is 0 Å². The van der Waals surface area contributed by atoms with Crippen LogP contribution in [0.25, 0.3) is 0 Å². The lowest BCUT2D eigenvalue weighted by atomic mass is 10.0. The molecule has 5 heteroatoms. The van der Waals surface area contributed by atoms with E-state index in [0.717, 1.165) is 30.0 Å². The second kappa shape index (κ2) is 7.25. The molecule has 0 unspecified atom stereocenters. The molecule has 2 aromatic carbocycles. The van der Waals surface area contributed by atoms with Crippen LogP contribution < -0.4 is 14.8 Å². The van der Waals surface area contributed by atoms with Gasteiger partial charge in [0.15, 0.2) is 0 Å². The van der Waals surface area contributed by atoms with Gasteiger partial charge in [0.25, 0.3) is 0 Å². The topological polar surface area (TPSA) is 50.8 Å². The minimum Gasteiger partial charge on any atom is -0.497 e. The zero-order chi connectivity index (χ0) is 16.9. The first-order valence-electron chi connectivity index (χ1n) is 8.01. The van der Waals surface area contributed by atoms with Crippen LogP contribution in [0.2, 0.25) is 0 Å². The first kappa shape index (κ1) is 16.2. The van der Waals surface area contributed by atoms with Crippen molar-refractivity contribution in [3.8, 4) is 11.5 Å². The lowest BCUT2D eigenvalue weighted by Crippen LogP contribution is -2.42. The summed E-state index contributed by atoms with van der Waals surface area (Å²) in [6, 6.07) is 13.8. The summed E-state index contributed by atoms with van der Waals surface area (Å²) in [5.74, 6) is 1.48. The van der Waals surface area contributed by atoms with E-state index >= 15 is 0 Å². The summed E-state index contributed by atoms with van der Waals surface area (Å²) in [6.45, 7) is 1.78. The van der Waals surface area contributed by atoms with Crippen molar-refractivity contribution in [2.75, 3.05) is 20.8 Å². The normalized spacial score (nSPS) is 13.2. The van der Waals surface area contributed by atoms with Crippen molar-refractivity contribution in [2.24, 2.45) is 0 Å². The fraction of sp³-hybridized carbons (Fsp3) is 0.316. The number of fused-ring (bicyclic) bond motifs is 1. The van der Waals surface area contributed by atoms with Gasteiger partial charge < -0.3 is 19.7 Å². The van der Waals surface area contributed by atoms with Crippen molar-refractivity contribution >= 4 is 6.03 Å². The van der Waals surface area contributed by atoms with Crippen LogP contribution in [0.5, 0.6) is 11.5 Å². The Morgan fingerprint density at radius 3 is 2.67 bits per heavy atom. The molecule has 24 heavy (non-hydrogen) atoms. The van der Waals surface area contributed by atoms with Gasteiger partial charge in [0, 0.05) is 25.2 Å². The number of urea groups is 1. The largest absolute Gasteiger partial charge is 0.497 e. The first-order chi connectivity index (χ1) is 11.7. The number of methoxy groups -OCH3 is 2. The molecule has 2 aromatic rings. The van der Waals surface area contributed by atoms with Gasteiger partial charge in [-0.25, -0.2) is 4.79 Å². The number of hydrogen-bond acceptors (Lipinski definition) is 3. The van der Waals surface area contributed by atoms with Gasteiger partial charge in [-0.15, -0.1) is 0 Å². The lowest BCUT2D eigenvalue weighted by molar-refractivity contribution is 0.192. The van der Waals surface area contributed by atoms with Crippen LogP contribution in [-0.4, -0.2) is 31.7 Å². The molecule has 0 aromatic heterocycles. The second-order valence-electron chi connectivity index (χ2n) is 5.78. The van der Waals surface area contributed by atoms with Gasteiger partial charge in [-0.05, 0) is 35.7 Å². The Kier molecular flexibility index (Phi) is 4.89. The molecule has 0 spiro atoms. The fourth-order valence-corrected chi connectivity index (χ4v) is 2.97. The first-order valence-corrected chi connectivity index (χ1v) is 8.01. The Hall–Kier alpha value is -2.69. The fourth-order valence-electron chi connectivity index (χ4n) is 2.97. The average Bonchev–Trinajstić information content (AvgIpc) is 2.65. The van der Waals surface area contributed by atoms with E-state index in [1.807, 2.05) is 35.2 Å². The zero-order valence-corrected chi connectivity index (χ0v) is 14.0. The maximum Gasteiger partial charge on any atom is 0.317 e. The highest BCUT2D eigenvalue weighted by Crippen LogP contribution is 2.24. The summed E-state index contributed by atoms with van der Waals surface area (Å²) in [5.41, 5.74) is 3.44. The maximum atomic E-state index is 12.5. The number of benzene rings is 2. The molecule has 0 atom stereocenters. The molecule has 2 amide bonds.